The number of hydrogen-bond acceptors (Lipinski definition) is 17. The average molecular weight is 690 g/mol. The second-order valence-electron chi connectivity index (χ2n) is 11.1. The molecule has 2 aliphatic carbocycles. The number of fused-ring (bicyclic) bond motifs is 2. The quantitative estimate of drug-likeness (QED) is 0.110. The zero-order valence-corrected chi connectivity index (χ0v) is 24.9. The van der Waals surface area contributed by atoms with E-state index in [1.807, 2.05) is 0 Å². The van der Waals surface area contributed by atoms with Crippen LogP contribution < -0.4 is 5.73 Å². The number of ether oxygens (including phenoxy) is 2. The first kappa shape index (κ1) is 32.6. The molecule has 246 valence electrons. The van der Waals surface area contributed by atoms with Crippen LogP contribution in [0.3, 0.4) is 0 Å². The molecule has 0 radical (unpaired) electrons. The number of halogens is 1. The summed E-state index contributed by atoms with van der Waals surface area (Å²) >= 11 is 4.81. The van der Waals surface area contributed by atoms with Crippen molar-refractivity contribution in [1.29, 1.82) is 0 Å². The molecule has 2 saturated carbocycles. The van der Waals surface area contributed by atoms with Gasteiger partial charge in [0.1, 0.15) is 35.8 Å². The average Bonchev–Trinajstić information content (AvgIpc) is 3.62. The summed E-state index contributed by atoms with van der Waals surface area (Å²) in [5.41, 5.74) is 4.41. The first-order chi connectivity index (χ1) is 20.5. The van der Waals surface area contributed by atoms with Crippen LogP contribution in [-0.4, -0.2) is 121 Å². The van der Waals surface area contributed by atoms with E-state index >= 15 is 0 Å². The Labute approximate surface area is 251 Å². The Morgan fingerprint density at radius 3 is 2.57 bits per heavy atom. The topological polar surface area (TPSA) is 295 Å². The normalized spacial score (nSPS) is 42.0. The number of alkyl halides is 1. The lowest BCUT2D eigenvalue weighted by molar-refractivity contribution is -0.426. The monoisotopic (exact) mass is 689 g/mol. The molecule has 13 atom stereocenters. The van der Waals surface area contributed by atoms with Gasteiger partial charge in [0.25, 0.3) is 0 Å². The summed E-state index contributed by atoms with van der Waals surface area (Å²) in [7, 11) is -5.40. The van der Waals surface area contributed by atoms with E-state index in [2.05, 4.69) is 19.3 Å². The molecule has 2 aromatic rings. The Hall–Kier alpha value is -1.36. The van der Waals surface area contributed by atoms with Crippen LogP contribution in [0.1, 0.15) is 19.1 Å². The summed E-state index contributed by atoms with van der Waals surface area (Å²) < 4.78 is 53.6. The van der Waals surface area contributed by atoms with Gasteiger partial charge in [-0.3, -0.25) is 9.09 Å². The third kappa shape index (κ3) is 5.22. The van der Waals surface area contributed by atoms with Crippen LogP contribution in [0.4, 0.5) is 10.2 Å². The van der Waals surface area contributed by atoms with Crippen molar-refractivity contribution >= 4 is 43.3 Å². The van der Waals surface area contributed by atoms with Crippen molar-refractivity contribution in [3.8, 4) is 0 Å². The molecule has 2 aliphatic heterocycles. The van der Waals surface area contributed by atoms with Crippen LogP contribution >= 0.6 is 14.5 Å². The standard InChI is InChI=1S/C21H30FN5O14P2S/c22-8(3-28)10-13(29)14(30)11-18(39-21(10,11)33)40-42(34,35)41-43(36,44)37-4-9-15(31)20(32,7-1-2-7)19(38-9)27-6-26-12-16(23)24-5-25-17(12)27/h5-11,13-15,18-19,28-33H,1-4H2,(H,34,35)(H,36,44)(H2,23,24,25)/t8-,9+,10?,11?,13?,14?,15+,18?,19+,20+,21?,43?/m0/s1. The van der Waals surface area contributed by atoms with E-state index < -0.39 is 94.1 Å². The first-order valence-corrected chi connectivity index (χ1v) is 17.3. The number of nitrogens with zero attached hydrogens (tertiary/aromatic N) is 4. The van der Waals surface area contributed by atoms with Crippen molar-refractivity contribution in [2.75, 3.05) is 18.9 Å². The fraction of sp³-hybridized carbons (Fsp3) is 0.762. The van der Waals surface area contributed by atoms with Gasteiger partial charge in [-0.25, -0.2) is 28.2 Å². The molecule has 8 unspecified atom stereocenters. The molecule has 19 nitrogen and oxygen atoms in total. The number of rotatable bonds is 11. The lowest BCUT2D eigenvalue weighted by atomic mass is 9.87. The number of phosphoric ester groups is 1. The molecule has 2 aromatic heterocycles. The highest BCUT2D eigenvalue weighted by Crippen LogP contribution is 2.65. The summed E-state index contributed by atoms with van der Waals surface area (Å²) in [6, 6.07) is 0. The molecule has 4 aliphatic rings. The van der Waals surface area contributed by atoms with Crippen molar-refractivity contribution in [3.05, 3.63) is 12.7 Å². The predicted molar refractivity (Wildman–Crippen MR) is 143 cm³/mol. The van der Waals surface area contributed by atoms with E-state index in [1.165, 1.54) is 17.2 Å². The molecule has 0 spiro atoms. The summed E-state index contributed by atoms with van der Waals surface area (Å²) in [6.45, 7) is -6.53. The Bertz CT molecular complexity index is 1520. The summed E-state index contributed by atoms with van der Waals surface area (Å²) in [4.78, 5) is 32.9. The zero-order chi connectivity index (χ0) is 32.0. The van der Waals surface area contributed by atoms with Crippen molar-refractivity contribution in [3.63, 3.8) is 0 Å². The van der Waals surface area contributed by atoms with E-state index in [-0.39, 0.29) is 22.9 Å². The van der Waals surface area contributed by atoms with Gasteiger partial charge in [0.2, 0.25) is 0 Å². The number of aromatic nitrogens is 4. The first-order valence-electron chi connectivity index (χ1n) is 13.2. The lowest BCUT2D eigenvalue weighted by Crippen LogP contribution is -2.64. The van der Waals surface area contributed by atoms with E-state index in [0.29, 0.717) is 12.8 Å². The number of nitrogen functional groups attached to an aromatic ring is 1. The molecular weight excluding hydrogens is 659 g/mol. The predicted octanol–water partition coefficient (Wildman–Crippen LogP) is -2.48. The van der Waals surface area contributed by atoms with Gasteiger partial charge < -0.3 is 60.2 Å². The van der Waals surface area contributed by atoms with Crippen molar-refractivity contribution in [1.82, 2.24) is 19.5 Å². The molecule has 10 N–H and O–H groups in total. The number of hydrogen-bond donors (Lipinski definition) is 9. The second-order valence-corrected chi connectivity index (χ2v) is 15.5. The Morgan fingerprint density at radius 2 is 1.91 bits per heavy atom. The summed E-state index contributed by atoms with van der Waals surface area (Å²) in [5.74, 6) is -6.32. The van der Waals surface area contributed by atoms with E-state index in [1.54, 1.807) is 0 Å². The van der Waals surface area contributed by atoms with Gasteiger partial charge in [0, 0.05) is 0 Å². The van der Waals surface area contributed by atoms with E-state index in [0.717, 1.165) is 0 Å². The number of imidazole rings is 1. The van der Waals surface area contributed by atoms with Gasteiger partial charge >= 0.3 is 14.5 Å². The van der Waals surface area contributed by atoms with Gasteiger partial charge in [-0.15, -0.1) is 0 Å². The molecular formula is C21H30FN5O14P2S. The fourth-order valence-corrected chi connectivity index (χ4v) is 9.32. The highest BCUT2D eigenvalue weighted by Gasteiger charge is 2.74. The molecule has 44 heavy (non-hydrogen) atoms. The van der Waals surface area contributed by atoms with Crippen LogP contribution in [0.25, 0.3) is 11.2 Å². The van der Waals surface area contributed by atoms with Crippen LogP contribution in [0.5, 0.6) is 0 Å². The zero-order valence-electron chi connectivity index (χ0n) is 22.3. The largest absolute Gasteiger partial charge is 0.481 e. The van der Waals surface area contributed by atoms with Gasteiger partial charge in [-0.05, 0) is 30.6 Å². The summed E-state index contributed by atoms with van der Waals surface area (Å²) in [5, 5.41) is 62.7. The maximum atomic E-state index is 14.1. The smallest absolute Gasteiger partial charge is 0.393 e. The second kappa shape index (κ2) is 11.1. The molecule has 0 amide bonds. The van der Waals surface area contributed by atoms with Gasteiger partial charge in [-0.1, -0.05) is 0 Å². The third-order valence-electron chi connectivity index (χ3n) is 8.44. The lowest BCUT2D eigenvalue weighted by Gasteiger charge is -2.49. The minimum Gasteiger partial charge on any atom is -0.393 e. The minimum atomic E-state index is -5.40. The number of anilines is 1. The van der Waals surface area contributed by atoms with Crippen LogP contribution in [0, 0.1) is 17.8 Å². The summed E-state index contributed by atoms with van der Waals surface area (Å²) in [6.07, 6.45) is -8.55. The van der Waals surface area contributed by atoms with Crippen LogP contribution in [-0.2, 0) is 39.2 Å². The van der Waals surface area contributed by atoms with Crippen LogP contribution in [0.15, 0.2) is 12.7 Å². The SMILES string of the molecule is Nc1ncnc2c1ncn2[C@@H]1O[C@H](COP(O)(=S)OP(=O)(O)OC2OC3(O)C2C(O)C(O)C3[C@@H](F)CO)[C@@H](O)[C@]1(O)C1CC1. The highest BCUT2D eigenvalue weighted by molar-refractivity contribution is 8.08. The highest BCUT2D eigenvalue weighted by atomic mass is 32.5. The molecule has 6 rings (SSSR count). The maximum Gasteiger partial charge on any atom is 0.481 e. The number of aliphatic hydroxyl groups is 6. The Kier molecular flexibility index (Phi) is 8.23. The Morgan fingerprint density at radius 1 is 1.20 bits per heavy atom. The molecule has 4 heterocycles. The molecule has 4 fully saturated rings. The number of nitrogens with two attached hydrogens (primary N) is 1. The van der Waals surface area contributed by atoms with Crippen molar-refractivity contribution < 1.29 is 72.2 Å². The third-order valence-corrected chi connectivity index (χ3v) is 12.0. The van der Waals surface area contributed by atoms with Crippen molar-refractivity contribution in [2.24, 2.45) is 17.8 Å². The molecule has 0 aromatic carbocycles. The van der Waals surface area contributed by atoms with Gasteiger partial charge in [0.05, 0.1) is 43.6 Å². The van der Waals surface area contributed by atoms with Crippen molar-refractivity contribution in [2.45, 2.75) is 67.3 Å². The van der Waals surface area contributed by atoms with Gasteiger partial charge in [0.15, 0.2) is 29.8 Å². The molecule has 23 heteroatoms. The van der Waals surface area contributed by atoms with E-state index in [4.69, 9.17) is 41.2 Å². The fourth-order valence-electron chi connectivity index (χ4n) is 6.22. The van der Waals surface area contributed by atoms with Crippen LogP contribution in [0.2, 0.25) is 0 Å². The maximum absolute atomic E-state index is 14.1. The number of phosphoric acid groups is 1. The number of aliphatic hydroxyl groups excluding tert-OH is 4. The Balaban J connectivity index is 1.12. The van der Waals surface area contributed by atoms with Gasteiger partial charge in [-0.2, -0.15) is 0 Å². The molecule has 0 bridgehead atoms. The molecule has 2 saturated heterocycles. The minimum absolute atomic E-state index is 0.0723. The van der Waals surface area contributed by atoms with E-state index in [9.17, 15) is 44.3 Å².